The highest BCUT2D eigenvalue weighted by Gasteiger charge is 2.54. The van der Waals surface area contributed by atoms with Gasteiger partial charge in [-0.05, 0) is 48.5 Å². The van der Waals surface area contributed by atoms with Crippen molar-refractivity contribution >= 4 is 35.7 Å². The molecule has 0 saturated carbocycles. The van der Waals surface area contributed by atoms with Crippen molar-refractivity contribution in [2.45, 2.75) is 0 Å². The van der Waals surface area contributed by atoms with Gasteiger partial charge in [-0.25, -0.2) is 0 Å². The summed E-state index contributed by atoms with van der Waals surface area (Å²) >= 11 is 0. The van der Waals surface area contributed by atoms with Crippen LogP contribution in [0.3, 0.4) is 0 Å². The molecular weight excluding hydrogens is 410 g/mol. The average molecular weight is 438 g/mol. The zero-order valence-corrected chi connectivity index (χ0v) is 19.5. The van der Waals surface area contributed by atoms with Crippen molar-refractivity contribution in [3.63, 3.8) is 0 Å². The van der Waals surface area contributed by atoms with Crippen LogP contribution < -0.4 is 21.2 Å². The van der Waals surface area contributed by atoms with E-state index in [9.17, 15) is 0 Å². The summed E-state index contributed by atoms with van der Waals surface area (Å²) < 4.78 is 0. The second-order valence-corrected chi connectivity index (χ2v) is 15.0. The Kier molecular flexibility index (Phi) is 6.62. The first-order valence-electron chi connectivity index (χ1n) is 10.5. The molecule has 0 amide bonds. The van der Waals surface area contributed by atoms with E-state index in [0.29, 0.717) is 0 Å². The number of benzene rings is 4. The van der Waals surface area contributed by atoms with Gasteiger partial charge in [0.05, 0.1) is 11.6 Å². The van der Waals surface area contributed by atoms with Crippen LogP contribution >= 0.6 is 14.5 Å². The van der Waals surface area contributed by atoms with Gasteiger partial charge in [-0.15, -0.1) is 0 Å². The van der Waals surface area contributed by atoms with Crippen LogP contribution in [-0.4, -0.2) is 5.90 Å². The second kappa shape index (κ2) is 9.57. The van der Waals surface area contributed by atoms with Crippen LogP contribution in [0.2, 0.25) is 0 Å². The summed E-state index contributed by atoms with van der Waals surface area (Å²) in [6, 6.07) is 43.8. The van der Waals surface area contributed by atoms with Gasteiger partial charge in [-0.1, -0.05) is 86.0 Å². The van der Waals surface area contributed by atoms with Gasteiger partial charge in [0.15, 0.2) is 5.90 Å². The topological polar surface area (TPSA) is 0 Å². The fraction of sp³-hybridized carbons (Fsp3) is 0.0345. The van der Waals surface area contributed by atoms with Crippen molar-refractivity contribution < 1.29 is 0 Å². The maximum absolute atomic E-state index is 4.42. The molecule has 2 heteroatoms. The molecule has 0 saturated heterocycles. The Balaban J connectivity index is 2.00. The molecule has 152 valence electrons. The smallest absolute Gasteiger partial charge is 0.0630 e. The zero-order valence-electron chi connectivity index (χ0n) is 17.7. The van der Waals surface area contributed by atoms with Crippen LogP contribution in [-0.2, 0) is 0 Å². The monoisotopic (exact) mass is 438 g/mol. The van der Waals surface area contributed by atoms with E-state index in [1.165, 1.54) is 21.2 Å². The van der Waals surface area contributed by atoms with E-state index >= 15 is 0 Å². The summed E-state index contributed by atoms with van der Waals surface area (Å²) in [6.45, 7) is 8.85. The van der Waals surface area contributed by atoms with E-state index in [4.69, 9.17) is 0 Å². The Hall–Kier alpha value is -2.78. The third kappa shape index (κ3) is 4.07. The zero-order chi connectivity index (χ0) is 21.6. The lowest BCUT2D eigenvalue weighted by molar-refractivity contribution is 1.71. The summed E-state index contributed by atoms with van der Waals surface area (Å²) in [5.74, 6) is 5.51. The molecule has 0 N–H and O–H groups in total. The third-order valence-electron chi connectivity index (χ3n) is 5.94. The molecule has 0 aromatic heterocycles. The fourth-order valence-corrected chi connectivity index (χ4v) is 14.9. The largest absolute Gasteiger partial charge is 0.187 e. The first kappa shape index (κ1) is 21.5. The Morgan fingerprint density at radius 2 is 0.645 bits per heavy atom. The molecule has 0 unspecified atom stereocenters. The van der Waals surface area contributed by atoms with Crippen molar-refractivity contribution in [2.75, 3.05) is 5.90 Å². The van der Waals surface area contributed by atoms with E-state index in [1.54, 1.807) is 0 Å². The normalized spacial score (nSPS) is 11.6. The Morgan fingerprint density at radius 1 is 0.419 bits per heavy atom. The van der Waals surface area contributed by atoms with Crippen LogP contribution in [0.15, 0.2) is 146 Å². The molecule has 0 radical (unpaired) electrons. The predicted molar refractivity (Wildman–Crippen MR) is 143 cm³/mol. The molecule has 0 aliphatic rings. The average Bonchev–Trinajstić information content (AvgIpc) is 2.87. The Morgan fingerprint density at radius 3 is 0.839 bits per heavy atom. The lowest BCUT2D eigenvalue weighted by atomic mass is 10.4. The molecule has 0 fully saturated rings. The predicted octanol–water partition coefficient (Wildman–Crippen LogP) is 6.57. The fourth-order valence-electron chi connectivity index (χ4n) is 4.29. The quantitative estimate of drug-likeness (QED) is 0.273. The van der Waals surface area contributed by atoms with Gasteiger partial charge in [0, 0.05) is 0 Å². The van der Waals surface area contributed by atoms with E-state index < -0.39 is 14.5 Å². The minimum atomic E-state index is -1.91. The number of rotatable bonds is 8. The highest BCUT2D eigenvalue weighted by molar-refractivity contribution is 8.06. The molecule has 0 aliphatic heterocycles. The number of hydrogen-bond donors (Lipinski definition) is 0. The summed E-state index contributed by atoms with van der Waals surface area (Å²) in [4.78, 5) is 0. The van der Waals surface area contributed by atoms with E-state index in [0.717, 1.165) is 5.90 Å². The Labute approximate surface area is 187 Å². The van der Waals surface area contributed by atoms with Crippen LogP contribution in [0.4, 0.5) is 0 Å². The van der Waals surface area contributed by atoms with Gasteiger partial charge in [-0.2, -0.15) is 0 Å². The van der Waals surface area contributed by atoms with E-state index in [2.05, 4.69) is 146 Å². The molecule has 0 atom stereocenters. The van der Waals surface area contributed by atoms with Crippen molar-refractivity contribution in [3.05, 3.63) is 146 Å². The van der Waals surface area contributed by atoms with E-state index in [-0.39, 0.29) is 0 Å². The molecule has 0 aliphatic carbocycles. The summed E-state index contributed by atoms with van der Waals surface area (Å²) in [6.07, 6.45) is 0. The first-order valence-corrected chi connectivity index (χ1v) is 14.6. The number of hydrogen-bond acceptors (Lipinski definition) is 0. The molecule has 0 heterocycles. The van der Waals surface area contributed by atoms with Crippen LogP contribution in [0.5, 0.6) is 0 Å². The molecule has 4 aromatic rings. The van der Waals surface area contributed by atoms with Crippen LogP contribution in [0.25, 0.3) is 0 Å². The molecule has 4 rings (SSSR count). The van der Waals surface area contributed by atoms with E-state index in [1.807, 2.05) is 0 Å². The lowest BCUT2D eigenvalue weighted by Crippen LogP contribution is -2.30. The molecular formula is C29H28P2+2. The molecule has 31 heavy (non-hydrogen) atoms. The van der Waals surface area contributed by atoms with Crippen LogP contribution in [0, 0.1) is 0 Å². The minimum Gasteiger partial charge on any atom is -0.0630 e. The highest BCUT2D eigenvalue weighted by Crippen LogP contribution is 2.73. The van der Waals surface area contributed by atoms with Gasteiger partial charge >= 0.3 is 0 Å². The highest BCUT2D eigenvalue weighted by atomic mass is 31.2. The molecule has 0 nitrogen and oxygen atoms in total. The third-order valence-corrected chi connectivity index (χ3v) is 15.6. The first-order chi connectivity index (χ1) is 15.2. The Bertz CT molecular complexity index is 949. The van der Waals surface area contributed by atoms with Crippen molar-refractivity contribution in [1.82, 2.24) is 0 Å². The SMILES string of the molecule is C=C[P+](C[P+](C=C)(c1ccccc1)c1ccccc1)(c1ccccc1)c1ccccc1. The van der Waals surface area contributed by atoms with Gasteiger partial charge < -0.3 is 0 Å². The maximum atomic E-state index is 4.42. The van der Waals surface area contributed by atoms with Crippen LogP contribution in [0.1, 0.15) is 0 Å². The molecule has 0 spiro atoms. The van der Waals surface area contributed by atoms with Crippen molar-refractivity contribution in [2.24, 2.45) is 0 Å². The minimum absolute atomic E-state index is 1.01. The molecule has 0 bridgehead atoms. The molecule has 4 aromatic carbocycles. The maximum Gasteiger partial charge on any atom is 0.187 e. The van der Waals surface area contributed by atoms with Crippen molar-refractivity contribution in [3.8, 4) is 0 Å². The van der Waals surface area contributed by atoms with Gasteiger partial charge in [0.25, 0.3) is 0 Å². The van der Waals surface area contributed by atoms with Gasteiger partial charge in [-0.3, -0.25) is 0 Å². The second-order valence-electron chi connectivity index (χ2n) is 7.59. The summed E-state index contributed by atoms with van der Waals surface area (Å²) in [5.41, 5.74) is 0. The standard InChI is InChI=1S/C29H28P2/c1-3-30(26-17-9-5-10-18-26,27-19-11-6-12-20-27)25-31(4-2,28-21-13-7-14-22-28)29-23-15-8-16-24-29/h3-24H,1-2,25H2/q+2. The van der Waals surface area contributed by atoms with Gasteiger partial charge in [0.1, 0.15) is 35.7 Å². The summed E-state index contributed by atoms with van der Waals surface area (Å²) in [5, 5.41) is 5.48. The van der Waals surface area contributed by atoms with Crippen molar-refractivity contribution in [1.29, 1.82) is 0 Å². The summed E-state index contributed by atoms with van der Waals surface area (Å²) in [7, 11) is -3.82. The lowest BCUT2D eigenvalue weighted by Gasteiger charge is -2.30. The van der Waals surface area contributed by atoms with Gasteiger partial charge in [0.2, 0.25) is 0 Å².